The van der Waals surface area contributed by atoms with Crippen LogP contribution in [-0.4, -0.2) is 33.9 Å². The molecule has 0 spiro atoms. The fourth-order valence-electron chi connectivity index (χ4n) is 2.55. The predicted octanol–water partition coefficient (Wildman–Crippen LogP) is 4.09. The number of hydrogen-bond acceptors (Lipinski definition) is 9. The van der Waals surface area contributed by atoms with Crippen LogP contribution in [0.2, 0.25) is 5.02 Å². The number of rotatable bonds is 4. The molecule has 4 rings (SSSR count). The second kappa shape index (κ2) is 7.74. The van der Waals surface area contributed by atoms with Crippen molar-refractivity contribution in [1.29, 1.82) is 0 Å². The van der Waals surface area contributed by atoms with Gasteiger partial charge in [-0.1, -0.05) is 22.9 Å². The van der Waals surface area contributed by atoms with Gasteiger partial charge in [-0.25, -0.2) is 19.7 Å². The van der Waals surface area contributed by atoms with Gasteiger partial charge in [0.05, 0.1) is 37.8 Å². The third-order valence-corrected chi connectivity index (χ3v) is 6.31. The normalized spacial score (nSPS) is 10.8. The van der Waals surface area contributed by atoms with E-state index in [2.05, 4.69) is 20.3 Å². The molecule has 0 unspecified atom stereocenters. The monoisotopic (exact) mass is 445 g/mol. The summed E-state index contributed by atoms with van der Waals surface area (Å²) in [5, 5.41) is 3.32. The maximum absolute atomic E-state index is 12.6. The number of benzene rings is 1. The van der Waals surface area contributed by atoms with E-state index in [-0.39, 0.29) is 22.4 Å². The molecule has 0 aliphatic carbocycles. The molecule has 0 saturated heterocycles. The number of halogens is 1. The van der Waals surface area contributed by atoms with Crippen LogP contribution in [0.1, 0.15) is 20.0 Å². The minimum atomic E-state index is -0.549. The van der Waals surface area contributed by atoms with Crippen LogP contribution in [0.5, 0.6) is 0 Å². The maximum Gasteiger partial charge on any atom is 0.339 e. The highest BCUT2D eigenvalue weighted by molar-refractivity contribution is 7.22. The molecule has 11 heteroatoms. The number of aromatic nitrogens is 3. The van der Waals surface area contributed by atoms with Gasteiger partial charge >= 0.3 is 5.97 Å². The highest BCUT2D eigenvalue weighted by atomic mass is 35.5. The quantitative estimate of drug-likeness (QED) is 0.454. The van der Waals surface area contributed by atoms with Crippen LogP contribution < -0.4 is 11.1 Å². The summed E-state index contributed by atoms with van der Waals surface area (Å²) in [7, 11) is 1.28. The van der Waals surface area contributed by atoms with E-state index in [4.69, 9.17) is 22.1 Å². The Balaban J connectivity index is 1.58. The van der Waals surface area contributed by atoms with E-state index in [0.29, 0.717) is 21.2 Å². The van der Waals surface area contributed by atoms with Crippen molar-refractivity contribution in [2.24, 2.45) is 0 Å². The van der Waals surface area contributed by atoms with Crippen LogP contribution in [0.3, 0.4) is 0 Å². The summed E-state index contributed by atoms with van der Waals surface area (Å²) in [5.41, 5.74) is 6.90. The Bertz CT molecular complexity index is 1250. The molecular weight excluding hydrogens is 434 g/mol. The molecule has 146 valence electrons. The molecule has 1 aromatic carbocycles. The lowest BCUT2D eigenvalue weighted by Crippen LogP contribution is -2.09. The number of nitrogens with zero attached hydrogens (tertiary/aromatic N) is 3. The van der Waals surface area contributed by atoms with Crippen LogP contribution >= 0.6 is 34.3 Å². The summed E-state index contributed by atoms with van der Waals surface area (Å²) in [5.74, 6) is -0.696. The number of methoxy groups -OCH3 is 1. The zero-order valence-corrected chi connectivity index (χ0v) is 17.2. The molecule has 3 heterocycles. The van der Waals surface area contributed by atoms with Crippen molar-refractivity contribution in [3.05, 3.63) is 52.0 Å². The van der Waals surface area contributed by atoms with Crippen molar-refractivity contribution in [1.82, 2.24) is 15.0 Å². The number of ether oxygens (including phenoxy) is 1. The van der Waals surface area contributed by atoms with Crippen molar-refractivity contribution in [3.8, 4) is 10.6 Å². The first-order valence-corrected chi connectivity index (χ1v) is 10.1. The molecule has 0 saturated carbocycles. The number of anilines is 2. The number of nitrogens with two attached hydrogens (primary N) is 1. The fourth-order valence-corrected chi connectivity index (χ4v) is 4.63. The molecule has 0 atom stereocenters. The average molecular weight is 446 g/mol. The molecule has 0 aliphatic rings. The largest absolute Gasteiger partial charge is 0.465 e. The molecule has 3 N–H and O–H groups in total. The number of hydrogen-bond donors (Lipinski definition) is 2. The zero-order chi connectivity index (χ0) is 20.5. The average Bonchev–Trinajstić information content (AvgIpc) is 3.35. The lowest BCUT2D eigenvalue weighted by molar-refractivity contribution is 0.0601. The summed E-state index contributed by atoms with van der Waals surface area (Å²) in [6.45, 7) is 0. The van der Waals surface area contributed by atoms with E-state index < -0.39 is 5.97 Å². The van der Waals surface area contributed by atoms with E-state index in [9.17, 15) is 9.59 Å². The number of carbonyl (C=O) groups excluding carboxylic acids is 2. The van der Waals surface area contributed by atoms with Crippen LogP contribution in [0.15, 0.2) is 36.5 Å². The Morgan fingerprint density at radius 1 is 1.14 bits per heavy atom. The van der Waals surface area contributed by atoms with E-state index >= 15 is 0 Å². The highest BCUT2D eigenvalue weighted by Gasteiger charge is 2.18. The Kier molecular flexibility index (Phi) is 5.14. The van der Waals surface area contributed by atoms with Crippen LogP contribution in [0.4, 0.5) is 11.1 Å². The smallest absolute Gasteiger partial charge is 0.339 e. The Morgan fingerprint density at radius 3 is 2.72 bits per heavy atom. The number of nitrogens with one attached hydrogen (secondary N) is 1. The second-order valence-electron chi connectivity index (χ2n) is 5.70. The summed E-state index contributed by atoms with van der Waals surface area (Å²) < 4.78 is 5.45. The van der Waals surface area contributed by atoms with E-state index in [0.717, 1.165) is 9.58 Å². The topological polar surface area (TPSA) is 120 Å². The van der Waals surface area contributed by atoms with Crippen molar-refractivity contribution in [3.63, 3.8) is 0 Å². The van der Waals surface area contributed by atoms with E-state index in [1.165, 1.54) is 29.8 Å². The number of fused-ring (bicyclic) bond motifs is 1. The molecule has 0 aliphatic heterocycles. The molecular formula is C18H12ClN5O3S2. The molecule has 3 aromatic heterocycles. The Hall–Kier alpha value is -3.08. The van der Waals surface area contributed by atoms with Crippen molar-refractivity contribution in [2.75, 3.05) is 18.2 Å². The summed E-state index contributed by atoms with van der Waals surface area (Å²) in [4.78, 5) is 38.0. The van der Waals surface area contributed by atoms with E-state index in [1.807, 2.05) is 0 Å². The molecule has 4 aromatic rings. The number of esters is 1. The standard InChI is InChI=1S/C18H12ClN5O3S2/c1-27-16(26)8-2-3-11-14(13(8)19)23-18(29-11)24-15(25)12-5-4-10(28-12)9-6-7-21-17(20)22-9/h2-7H,1H3,(H2,20,21,22)(H,23,24,25). The lowest BCUT2D eigenvalue weighted by Gasteiger charge is -2.01. The minimum Gasteiger partial charge on any atom is -0.465 e. The number of carbonyl (C=O) groups is 2. The first-order chi connectivity index (χ1) is 14.0. The van der Waals surface area contributed by atoms with Gasteiger partial charge < -0.3 is 10.5 Å². The SMILES string of the molecule is COC(=O)c1ccc2sc(NC(=O)c3ccc(-c4ccnc(N)n4)s3)nc2c1Cl. The first kappa shape index (κ1) is 19.2. The van der Waals surface area contributed by atoms with Gasteiger partial charge in [0.1, 0.15) is 5.52 Å². The molecule has 0 bridgehead atoms. The molecule has 0 fully saturated rings. The molecule has 1 amide bonds. The number of amides is 1. The summed E-state index contributed by atoms with van der Waals surface area (Å²) in [6.07, 6.45) is 1.56. The van der Waals surface area contributed by atoms with Gasteiger partial charge in [-0.3, -0.25) is 10.1 Å². The van der Waals surface area contributed by atoms with Gasteiger partial charge in [0.25, 0.3) is 5.91 Å². The fraction of sp³-hybridized carbons (Fsp3) is 0.0556. The number of thiazole rings is 1. The Morgan fingerprint density at radius 2 is 1.97 bits per heavy atom. The van der Waals surface area contributed by atoms with Gasteiger partial charge in [0.2, 0.25) is 5.95 Å². The second-order valence-corrected chi connectivity index (χ2v) is 8.19. The number of thiophene rings is 1. The van der Waals surface area contributed by atoms with Gasteiger partial charge in [0.15, 0.2) is 5.13 Å². The molecule has 8 nitrogen and oxygen atoms in total. The summed E-state index contributed by atoms with van der Waals surface area (Å²) >= 11 is 8.81. The van der Waals surface area contributed by atoms with Gasteiger partial charge in [0, 0.05) is 6.20 Å². The first-order valence-electron chi connectivity index (χ1n) is 8.13. The van der Waals surface area contributed by atoms with Crippen molar-refractivity contribution >= 4 is 67.4 Å². The predicted molar refractivity (Wildman–Crippen MR) is 114 cm³/mol. The maximum atomic E-state index is 12.6. The third-order valence-electron chi connectivity index (χ3n) is 3.88. The number of nitrogen functional groups attached to an aromatic ring is 1. The van der Waals surface area contributed by atoms with E-state index in [1.54, 1.807) is 36.5 Å². The van der Waals surface area contributed by atoms with Crippen LogP contribution in [-0.2, 0) is 4.74 Å². The van der Waals surface area contributed by atoms with Crippen molar-refractivity contribution in [2.45, 2.75) is 0 Å². The highest BCUT2D eigenvalue weighted by Crippen LogP contribution is 2.34. The van der Waals surface area contributed by atoms with Gasteiger partial charge in [-0.05, 0) is 30.3 Å². The minimum absolute atomic E-state index is 0.166. The zero-order valence-electron chi connectivity index (χ0n) is 14.8. The molecule has 29 heavy (non-hydrogen) atoms. The third kappa shape index (κ3) is 3.77. The Labute approximate surface area is 177 Å². The van der Waals surface area contributed by atoms with Crippen LogP contribution in [0, 0.1) is 0 Å². The van der Waals surface area contributed by atoms with Gasteiger partial charge in [-0.2, -0.15) is 0 Å². The van der Waals surface area contributed by atoms with Crippen LogP contribution in [0.25, 0.3) is 20.8 Å². The lowest BCUT2D eigenvalue weighted by atomic mass is 10.2. The summed E-state index contributed by atoms with van der Waals surface area (Å²) in [6, 6.07) is 8.49. The van der Waals surface area contributed by atoms with Gasteiger partial charge in [-0.15, -0.1) is 11.3 Å². The molecule has 0 radical (unpaired) electrons. The van der Waals surface area contributed by atoms with Crippen molar-refractivity contribution < 1.29 is 14.3 Å².